The van der Waals surface area contributed by atoms with E-state index in [4.69, 9.17) is 0 Å². The van der Waals surface area contributed by atoms with Gasteiger partial charge in [0.05, 0.1) is 22.5 Å². The second kappa shape index (κ2) is 12.4. The first-order valence-corrected chi connectivity index (χ1v) is 14.7. The van der Waals surface area contributed by atoms with Crippen molar-refractivity contribution in [2.45, 2.75) is 65.2 Å². The van der Waals surface area contributed by atoms with Gasteiger partial charge in [-0.3, -0.25) is 9.59 Å². The van der Waals surface area contributed by atoms with Gasteiger partial charge in [0, 0.05) is 33.2 Å². The Morgan fingerprint density at radius 1 is 0.583 bits per heavy atom. The van der Waals surface area contributed by atoms with Crippen LogP contribution in [-0.4, -0.2) is 34.7 Å². The molecule has 4 nitrogen and oxygen atoms in total. The van der Waals surface area contributed by atoms with Crippen LogP contribution in [0.3, 0.4) is 0 Å². The Hall–Kier alpha value is -2.18. The molecular formula is C30H34Br2N2O2. The van der Waals surface area contributed by atoms with E-state index >= 15 is 0 Å². The molecule has 0 unspecified atom stereocenters. The number of hydrogen-bond acceptors (Lipinski definition) is 2. The summed E-state index contributed by atoms with van der Waals surface area (Å²) < 4.78 is 1.77. The summed E-state index contributed by atoms with van der Waals surface area (Å²) in [5.74, 6) is -0.134. The lowest BCUT2D eigenvalue weighted by Gasteiger charge is -2.26. The quantitative estimate of drug-likeness (QED) is 0.226. The van der Waals surface area contributed by atoms with Crippen molar-refractivity contribution in [2.24, 2.45) is 0 Å². The van der Waals surface area contributed by atoms with E-state index < -0.39 is 0 Å². The number of benzene rings is 2. The normalized spacial score (nSPS) is 15.6. The van der Waals surface area contributed by atoms with Crippen LogP contribution in [0.2, 0.25) is 0 Å². The molecule has 4 rings (SSSR count). The molecular weight excluding hydrogens is 580 g/mol. The summed E-state index contributed by atoms with van der Waals surface area (Å²) in [6, 6.07) is 15.8. The lowest BCUT2D eigenvalue weighted by molar-refractivity contribution is -0.124. The van der Waals surface area contributed by atoms with Crippen LogP contribution in [-0.2, 0) is 9.59 Å². The molecule has 0 aliphatic carbocycles. The molecule has 0 radical (unpaired) electrons. The molecule has 2 aliphatic rings. The highest BCUT2D eigenvalue weighted by atomic mass is 79.9. The second-order valence-electron chi connectivity index (χ2n) is 9.44. The first-order valence-electron chi connectivity index (χ1n) is 13.1. The standard InChI is InChI=1S/C30H34Br2N2O2/c1-3-5-7-13-19-33-27(21-15-9-11-17-23(21)31)25-26(29(33)35)28(22-16-10-12-18-24(22)32)34(30(25)36)20-14-8-6-4-2/h9-12,15-18H,3-8,13-14,19-20H2,1-2H3. The molecule has 0 aromatic heterocycles. The predicted octanol–water partition coefficient (Wildman–Crippen LogP) is 8.18. The molecule has 2 aliphatic heterocycles. The zero-order chi connectivity index (χ0) is 25.7. The Balaban J connectivity index is 1.87. The molecule has 0 bridgehead atoms. The molecule has 0 spiro atoms. The van der Waals surface area contributed by atoms with Crippen molar-refractivity contribution in [1.82, 2.24) is 9.80 Å². The highest BCUT2D eigenvalue weighted by molar-refractivity contribution is 9.10. The summed E-state index contributed by atoms with van der Waals surface area (Å²) in [6.45, 7) is 5.58. The first kappa shape index (κ1) is 26.9. The van der Waals surface area contributed by atoms with Crippen LogP contribution in [0.5, 0.6) is 0 Å². The fourth-order valence-electron chi connectivity index (χ4n) is 5.08. The lowest BCUT2D eigenvalue weighted by atomic mass is 10.0. The number of nitrogens with zero attached hydrogens (tertiary/aromatic N) is 2. The van der Waals surface area contributed by atoms with Crippen molar-refractivity contribution in [2.75, 3.05) is 13.1 Å². The fraction of sp³-hybridized carbons (Fsp3) is 0.400. The minimum Gasteiger partial charge on any atom is -0.307 e. The topological polar surface area (TPSA) is 40.6 Å². The van der Waals surface area contributed by atoms with Gasteiger partial charge in [-0.2, -0.15) is 0 Å². The summed E-state index contributed by atoms with van der Waals surface area (Å²) in [5.41, 5.74) is 4.35. The number of fused-ring (bicyclic) bond motifs is 1. The molecule has 2 heterocycles. The fourth-order valence-corrected chi connectivity index (χ4v) is 6.03. The maximum Gasteiger partial charge on any atom is 0.261 e. The number of carbonyl (C=O) groups is 2. The Kier molecular flexibility index (Phi) is 9.24. The minimum atomic E-state index is -0.0672. The number of amides is 2. The molecule has 0 fully saturated rings. The van der Waals surface area contributed by atoms with Crippen LogP contribution in [0.25, 0.3) is 11.4 Å². The largest absolute Gasteiger partial charge is 0.307 e. The van der Waals surface area contributed by atoms with Gasteiger partial charge in [0.2, 0.25) is 0 Å². The molecule has 0 N–H and O–H groups in total. The molecule has 36 heavy (non-hydrogen) atoms. The number of rotatable bonds is 12. The molecule has 190 valence electrons. The summed E-state index contributed by atoms with van der Waals surface area (Å²) in [4.78, 5) is 32.0. The van der Waals surface area contributed by atoms with Gasteiger partial charge in [-0.05, 0) is 25.0 Å². The molecule has 2 aromatic carbocycles. The van der Waals surface area contributed by atoms with Crippen LogP contribution in [0.1, 0.15) is 76.3 Å². The van der Waals surface area contributed by atoms with E-state index in [0.717, 1.165) is 82.8 Å². The van der Waals surface area contributed by atoms with Gasteiger partial charge in [-0.15, -0.1) is 0 Å². The van der Waals surface area contributed by atoms with Gasteiger partial charge < -0.3 is 9.80 Å². The van der Waals surface area contributed by atoms with Crippen LogP contribution in [0.15, 0.2) is 68.6 Å². The summed E-state index contributed by atoms with van der Waals surface area (Å²) >= 11 is 7.38. The van der Waals surface area contributed by atoms with Crippen molar-refractivity contribution in [3.05, 3.63) is 79.7 Å². The van der Waals surface area contributed by atoms with E-state index in [2.05, 4.69) is 45.7 Å². The molecule has 6 heteroatoms. The number of unbranched alkanes of at least 4 members (excludes halogenated alkanes) is 6. The number of hydrogen-bond donors (Lipinski definition) is 0. The predicted molar refractivity (Wildman–Crippen MR) is 154 cm³/mol. The zero-order valence-electron chi connectivity index (χ0n) is 21.2. The van der Waals surface area contributed by atoms with Gasteiger partial charge in [-0.1, -0.05) is 121 Å². The third-order valence-corrected chi connectivity index (χ3v) is 8.29. The van der Waals surface area contributed by atoms with Crippen molar-refractivity contribution in [3.8, 4) is 0 Å². The van der Waals surface area contributed by atoms with E-state index in [1.807, 2.05) is 58.3 Å². The van der Waals surface area contributed by atoms with Crippen LogP contribution < -0.4 is 0 Å². The van der Waals surface area contributed by atoms with Gasteiger partial charge in [0.25, 0.3) is 11.8 Å². The molecule has 2 amide bonds. The molecule has 2 aromatic rings. The van der Waals surface area contributed by atoms with Crippen LogP contribution in [0, 0.1) is 0 Å². The van der Waals surface area contributed by atoms with E-state index in [1.54, 1.807) is 0 Å². The van der Waals surface area contributed by atoms with E-state index in [9.17, 15) is 9.59 Å². The maximum absolute atomic E-state index is 14.1. The second-order valence-corrected chi connectivity index (χ2v) is 11.2. The van der Waals surface area contributed by atoms with Gasteiger partial charge in [0.1, 0.15) is 0 Å². The Labute approximate surface area is 231 Å². The first-order chi connectivity index (χ1) is 17.5. The van der Waals surface area contributed by atoms with Crippen LogP contribution in [0.4, 0.5) is 0 Å². The minimum absolute atomic E-state index is 0.0672. The maximum atomic E-state index is 14.1. The smallest absolute Gasteiger partial charge is 0.261 e. The van der Waals surface area contributed by atoms with E-state index in [-0.39, 0.29) is 11.8 Å². The number of halogens is 2. The van der Waals surface area contributed by atoms with Crippen molar-refractivity contribution < 1.29 is 9.59 Å². The summed E-state index contributed by atoms with van der Waals surface area (Å²) in [7, 11) is 0. The summed E-state index contributed by atoms with van der Waals surface area (Å²) in [5, 5.41) is 0. The average molecular weight is 614 g/mol. The Bertz CT molecular complexity index is 1110. The molecule has 0 atom stereocenters. The number of carbonyl (C=O) groups excluding carboxylic acids is 2. The van der Waals surface area contributed by atoms with Gasteiger partial charge >= 0.3 is 0 Å². The Morgan fingerprint density at radius 3 is 1.33 bits per heavy atom. The SMILES string of the molecule is CCCCCCN1C(=O)C2=C(c3ccccc3Br)N(CCCCCC)C(=O)C2=C1c1ccccc1Br. The highest BCUT2D eigenvalue weighted by Gasteiger charge is 2.49. The highest BCUT2D eigenvalue weighted by Crippen LogP contribution is 2.48. The van der Waals surface area contributed by atoms with E-state index in [1.165, 1.54) is 0 Å². The van der Waals surface area contributed by atoms with Gasteiger partial charge in [-0.25, -0.2) is 0 Å². The third kappa shape index (κ3) is 5.26. The summed E-state index contributed by atoms with van der Waals surface area (Å²) in [6.07, 6.45) is 8.49. The van der Waals surface area contributed by atoms with E-state index in [0.29, 0.717) is 24.2 Å². The zero-order valence-corrected chi connectivity index (χ0v) is 24.3. The van der Waals surface area contributed by atoms with Crippen molar-refractivity contribution >= 4 is 55.1 Å². The van der Waals surface area contributed by atoms with Gasteiger partial charge in [0.15, 0.2) is 0 Å². The lowest BCUT2D eigenvalue weighted by Crippen LogP contribution is -2.31. The van der Waals surface area contributed by atoms with Crippen molar-refractivity contribution in [3.63, 3.8) is 0 Å². The third-order valence-electron chi connectivity index (χ3n) is 6.91. The molecule has 0 saturated heterocycles. The van der Waals surface area contributed by atoms with Crippen molar-refractivity contribution in [1.29, 1.82) is 0 Å². The monoisotopic (exact) mass is 612 g/mol. The molecule has 0 saturated carbocycles. The van der Waals surface area contributed by atoms with Crippen LogP contribution >= 0.6 is 31.9 Å². The Morgan fingerprint density at radius 2 is 0.972 bits per heavy atom. The average Bonchev–Trinajstić information content (AvgIpc) is 3.31.